The third-order valence-corrected chi connectivity index (χ3v) is 3.72. The van der Waals surface area contributed by atoms with E-state index in [9.17, 15) is 0 Å². The number of aromatic nitrogens is 1. The summed E-state index contributed by atoms with van der Waals surface area (Å²) in [5, 5.41) is 0. The number of unbranched alkanes of at least 4 members (excludes halogenated alkanes) is 1. The summed E-state index contributed by atoms with van der Waals surface area (Å²) >= 11 is 0. The molecule has 1 fully saturated rings. The smallest absolute Gasteiger partial charge is 0.228 e. The van der Waals surface area contributed by atoms with Gasteiger partial charge in [0.1, 0.15) is 11.9 Å². The quantitative estimate of drug-likeness (QED) is 0.416. The normalized spacial score (nSPS) is 19.8. The zero-order valence-corrected chi connectivity index (χ0v) is 15.3. The molecular formula is C20H30NO3+. The predicted molar refractivity (Wildman–Crippen MR) is 93.8 cm³/mol. The van der Waals surface area contributed by atoms with E-state index in [0.717, 1.165) is 38.0 Å². The van der Waals surface area contributed by atoms with Crippen LogP contribution < -0.4 is 9.30 Å². The molecule has 0 aliphatic heterocycles. The lowest BCUT2D eigenvalue weighted by atomic mass is 9.92. The zero-order valence-electron chi connectivity index (χ0n) is 15.3. The van der Waals surface area contributed by atoms with Crippen LogP contribution in [0.4, 0.5) is 0 Å². The zero-order chi connectivity index (χ0) is 17.4. The number of hydrogen-bond acceptors (Lipinski definition) is 3. The average molecular weight is 332 g/mol. The predicted octanol–water partition coefficient (Wildman–Crippen LogP) is 3.32. The van der Waals surface area contributed by atoms with Crippen molar-refractivity contribution in [3.8, 4) is 17.7 Å². The molecule has 1 aliphatic rings. The molecule has 0 saturated heterocycles. The van der Waals surface area contributed by atoms with E-state index in [1.807, 2.05) is 42.9 Å². The van der Waals surface area contributed by atoms with E-state index in [1.54, 1.807) is 0 Å². The summed E-state index contributed by atoms with van der Waals surface area (Å²) in [6, 6.07) is 7.04. The topological polar surface area (TPSA) is 31.6 Å². The monoisotopic (exact) mass is 332 g/mol. The summed E-state index contributed by atoms with van der Waals surface area (Å²) in [4.78, 5) is 0. The van der Waals surface area contributed by atoms with Crippen LogP contribution in [-0.4, -0.2) is 31.0 Å². The molecule has 1 aliphatic carbocycles. The van der Waals surface area contributed by atoms with Gasteiger partial charge in [0.2, 0.25) is 6.04 Å². The highest BCUT2D eigenvalue weighted by atomic mass is 16.5. The van der Waals surface area contributed by atoms with Crippen molar-refractivity contribution in [1.29, 1.82) is 0 Å². The van der Waals surface area contributed by atoms with Crippen LogP contribution in [0, 0.1) is 12.0 Å². The second-order valence-corrected chi connectivity index (χ2v) is 6.77. The van der Waals surface area contributed by atoms with E-state index in [4.69, 9.17) is 14.2 Å². The minimum atomic E-state index is 0.275. The maximum atomic E-state index is 5.94. The first-order valence-corrected chi connectivity index (χ1v) is 8.97. The third-order valence-electron chi connectivity index (χ3n) is 3.72. The molecule has 2 rings (SSSR count). The molecule has 4 nitrogen and oxygen atoms in total. The lowest BCUT2D eigenvalue weighted by Gasteiger charge is -2.36. The van der Waals surface area contributed by atoms with E-state index in [-0.39, 0.29) is 6.10 Å². The Bertz CT molecular complexity index is 536. The van der Waals surface area contributed by atoms with Gasteiger partial charge in [-0.2, -0.15) is 0 Å². The fourth-order valence-electron chi connectivity index (χ4n) is 2.49. The van der Waals surface area contributed by atoms with Crippen molar-refractivity contribution in [1.82, 2.24) is 0 Å². The fraction of sp³-hybridized carbons (Fsp3) is 0.650. The Morgan fingerprint density at radius 1 is 1.08 bits per heavy atom. The number of ether oxygens (including phenoxy) is 3. The van der Waals surface area contributed by atoms with E-state index in [1.165, 1.54) is 0 Å². The van der Waals surface area contributed by atoms with Gasteiger partial charge in [0.15, 0.2) is 12.4 Å². The molecule has 0 radical (unpaired) electrons. The summed E-state index contributed by atoms with van der Waals surface area (Å²) in [5.41, 5.74) is 0. The van der Waals surface area contributed by atoms with Crippen molar-refractivity contribution in [2.24, 2.45) is 0 Å². The Morgan fingerprint density at radius 3 is 2.42 bits per heavy atom. The first-order valence-electron chi connectivity index (χ1n) is 8.97. The van der Waals surface area contributed by atoms with Crippen LogP contribution in [0.1, 0.15) is 53.4 Å². The van der Waals surface area contributed by atoms with Crippen molar-refractivity contribution in [2.75, 3.05) is 6.61 Å². The van der Waals surface area contributed by atoms with Crippen LogP contribution in [0.3, 0.4) is 0 Å². The van der Waals surface area contributed by atoms with Crippen molar-refractivity contribution >= 4 is 0 Å². The molecule has 0 amide bonds. The van der Waals surface area contributed by atoms with Crippen molar-refractivity contribution in [2.45, 2.75) is 77.8 Å². The Balaban J connectivity index is 1.66. The van der Waals surface area contributed by atoms with Crippen LogP contribution in [0.2, 0.25) is 0 Å². The number of nitrogens with zero attached hydrogens (tertiary/aromatic N) is 1. The van der Waals surface area contributed by atoms with Crippen LogP contribution in [0.15, 0.2) is 24.5 Å². The molecule has 1 heterocycles. The Kier molecular flexibility index (Phi) is 7.55. The molecule has 0 spiro atoms. The summed E-state index contributed by atoms with van der Waals surface area (Å²) < 4.78 is 19.0. The van der Waals surface area contributed by atoms with Gasteiger partial charge in [-0.05, 0) is 40.0 Å². The molecule has 0 bridgehead atoms. The Morgan fingerprint density at radius 2 is 1.79 bits per heavy atom. The molecule has 132 valence electrons. The molecule has 24 heavy (non-hydrogen) atoms. The number of pyridine rings is 1. The van der Waals surface area contributed by atoms with Gasteiger partial charge >= 0.3 is 0 Å². The SMILES string of the molecule is CC(C)OCCCC#C[n+]1ccc(OC2CC(OC(C)C)C2)cc1. The molecule has 0 N–H and O–H groups in total. The molecule has 0 atom stereocenters. The summed E-state index contributed by atoms with van der Waals surface area (Å²) in [5.74, 6) is 4.05. The second-order valence-electron chi connectivity index (χ2n) is 6.77. The molecule has 1 aromatic rings. The molecular weight excluding hydrogens is 302 g/mol. The van der Waals surface area contributed by atoms with Gasteiger partial charge in [0, 0.05) is 38.0 Å². The molecule has 0 aromatic carbocycles. The van der Waals surface area contributed by atoms with Gasteiger partial charge < -0.3 is 14.2 Å². The highest BCUT2D eigenvalue weighted by Gasteiger charge is 2.32. The summed E-state index contributed by atoms with van der Waals surface area (Å²) in [6.45, 7) is 9.01. The number of rotatable bonds is 8. The fourth-order valence-corrected chi connectivity index (χ4v) is 2.49. The minimum absolute atomic E-state index is 0.275. The Labute approximate surface area is 146 Å². The molecule has 1 saturated carbocycles. The average Bonchev–Trinajstić information content (AvgIpc) is 2.49. The van der Waals surface area contributed by atoms with Crippen LogP contribution in [-0.2, 0) is 9.47 Å². The lowest BCUT2D eigenvalue weighted by Crippen LogP contribution is -2.40. The first-order chi connectivity index (χ1) is 11.5. The summed E-state index contributed by atoms with van der Waals surface area (Å²) in [7, 11) is 0. The maximum absolute atomic E-state index is 5.94. The highest BCUT2D eigenvalue weighted by Crippen LogP contribution is 2.28. The van der Waals surface area contributed by atoms with E-state index >= 15 is 0 Å². The van der Waals surface area contributed by atoms with Gasteiger partial charge in [-0.15, -0.1) is 4.57 Å². The van der Waals surface area contributed by atoms with Crippen LogP contribution in [0.5, 0.6) is 5.75 Å². The van der Waals surface area contributed by atoms with Gasteiger partial charge in [0.25, 0.3) is 0 Å². The standard InChI is InChI=1S/C20H30NO3/c1-16(2)22-13-7-5-6-10-21-11-8-18(9-12-21)24-20-14-19(15-20)23-17(3)4/h8-9,11-12,16-17,19-20H,5,7,13-15H2,1-4H3/q+1. The largest absolute Gasteiger partial charge is 0.490 e. The lowest BCUT2D eigenvalue weighted by molar-refractivity contribution is -0.583. The first kappa shape index (κ1) is 18.8. The van der Waals surface area contributed by atoms with Gasteiger partial charge in [0.05, 0.1) is 18.3 Å². The summed E-state index contributed by atoms with van der Waals surface area (Å²) in [6.07, 6.45) is 8.86. The van der Waals surface area contributed by atoms with E-state index < -0.39 is 0 Å². The van der Waals surface area contributed by atoms with Crippen molar-refractivity contribution < 1.29 is 18.8 Å². The van der Waals surface area contributed by atoms with Crippen LogP contribution in [0.25, 0.3) is 0 Å². The molecule has 4 heteroatoms. The molecule has 1 aromatic heterocycles. The van der Waals surface area contributed by atoms with E-state index in [0.29, 0.717) is 18.3 Å². The second kappa shape index (κ2) is 9.66. The van der Waals surface area contributed by atoms with Crippen molar-refractivity contribution in [3.63, 3.8) is 0 Å². The number of hydrogen-bond donors (Lipinski definition) is 0. The van der Waals surface area contributed by atoms with Crippen LogP contribution >= 0.6 is 0 Å². The van der Waals surface area contributed by atoms with Gasteiger partial charge in [-0.1, -0.05) is 0 Å². The van der Waals surface area contributed by atoms with Crippen molar-refractivity contribution in [3.05, 3.63) is 24.5 Å². The minimum Gasteiger partial charge on any atom is -0.490 e. The van der Waals surface area contributed by atoms with E-state index in [2.05, 4.69) is 25.8 Å². The highest BCUT2D eigenvalue weighted by molar-refractivity contribution is 5.16. The van der Waals surface area contributed by atoms with Gasteiger partial charge in [-0.3, -0.25) is 0 Å². The van der Waals surface area contributed by atoms with Gasteiger partial charge in [-0.25, -0.2) is 0 Å². The third kappa shape index (κ3) is 6.90. The maximum Gasteiger partial charge on any atom is 0.228 e. The molecule has 0 unspecified atom stereocenters. The Hall–Kier alpha value is -1.57.